The number of halogens is 3. The fourth-order valence-corrected chi connectivity index (χ4v) is 5.57. The maximum Gasteiger partial charge on any atom is 0.390 e. The lowest BCUT2D eigenvalue weighted by Crippen LogP contribution is -2.45. The number of aromatic nitrogens is 3. The van der Waals surface area contributed by atoms with Gasteiger partial charge in [-0.3, -0.25) is 9.69 Å². The van der Waals surface area contributed by atoms with Crippen LogP contribution in [0.3, 0.4) is 0 Å². The Bertz CT molecular complexity index is 934. The summed E-state index contributed by atoms with van der Waals surface area (Å²) in [6.07, 6.45) is 0.246. The van der Waals surface area contributed by atoms with Crippen molar-refractivity contribution in [3.63, 3.8) is 0 Å². The summed E-state index contributed by atoms with van der Waals surface area (Å²) in [6, 6.07) is 2.33. The topological polar surface area (TPSA) is 72.3 Å². The van der Waals surface area contributed by atoms with Crippen molar-refractivity contribution >= 4 is 17.2 Å². The van der Waals surface area contributed by atoms with E-state index in [0.29, 0.717) is 6.54 Å². The summed E-state index contributed by atoms with van der Waals surface area (Å²) >= 11 is 1.92. The van der Waals surface area contributed by atoms with Crippen molar-refractivity contribution in [2.24, 2.45) is 0 Å². The van der Waals surface area contributed by atoms with Crippen LogP contribution in [0.15, 0.2) is 12.3 Å². The van der Waals surface area contributed by atoms with Crippen LogP contribution < -0.4 is 5.32 Å². The third-order valence-electron chi connectivity index (χ3n) is 6.08. The summed E-state index contributed by atoms with van der Waals surface area (Å²) in [5.74, 6) is -0.516. The molecule has 0 bridgehead atoms. The van der Waals surface area contributed by atoms with Gasteiger partial charge in [-0.25, -0.2) is 4.68 Å². The Hall–Kier alpha value is -1.98. The minimum Gasteiger partial charge on any atom is -0.370 e. The van der Waals surface area contributed by atoms with Gasteiger partial charge in [0.1, 0.15) is 6.54 Å². The van der Waals surface area contributed by atoms with Crippen molar-refractivity contribution in [1.29, 1.82) is 0 Å². The Balaban J connectivity index is 1.27. The molecule has 0 atom stereocenters. The second-order valence-electron chi connectivity index (χ2n) is 8.39. The number of hydrogen-bond donors (Lipinski definition) is 1. The molecule has 1 amide bonds. The highest BCUT2D eigenvalue weighted by Gasteiger charge is 2.41. The second kappa shape index (κ2) is 9.48. The van der Waals surface area contributed by atoms with Crippen LogP contribution in [0.25, 0.3) is 0 Å². The van der Waals surface area contributed by atoms with Gasteiger partial charge in [0.25, 0.3) is 0 Å². The van der Waals surface area contributed by atoms with E-state index in [-0.39, 0.29) is 12.1 Å². The Kier molecular flexibility index (Phi) is 6.87. The number of thiophene rings is 1. The Morgan fingerprint density at radius 2 is 2.12 bits per heavy atom. The number of carbonyl (C=O) groups is 1. The standard InChI is InChI=1S/C21H28F3N5O2S/c1-2-16-11-17-18(32-16)3-10-31-20(17)5-8-28(9-6-20)12-15-13-29(27-26-15)14-19(30)25-7-4-21(22,23)24/h11,13H,2-10,12,14H2,1H3,(H,25,30). The summed E-state index contributed by atoms with van der Waals surface area (Å²) in [4.78, 5) is 17.0. The molecule has 0 saturated carbocycles. The van der Waals surface area contributed by atoms with E-state index in [1.807, 2.05) is 11.3 Å². The molecule has 0 aliphatic carbocycles. The zero-order chi connectivity index (χ0) is 22.8. The molecule has 1 fully saturated rings. The van der Waals surface area contributed by atoms with Crippen molar-refractivity contribution in [3.8, 4) is 0 Å². The van der Waals surface area contributed by atoms with E-state index in [2.05, 4.69) is 33.5 Å². The lowest BCUT2D eigenvalue weighted by atomic mass is 9.82. The SMILES string of the molecule is CCc1cc2c(s1)CCOC21CCN(Cc2cn(CC(=O)NCCC(F)(F)F)nn2)CC1. The van der Waals surface area contributed by atoms with Gasteiger partial charge in [-0.05, 0) is 30.9 Å². The highest BCUT2D eigenvalue weighted by molar-refractivity contribution is 7.12. The molecular formula is C21H28F3N5O2S. The number of nitrogens with zero attached hydrogens (tertiary/aromatic N) is 4. The number of alkyl halides is 3. The number of likely N-dealkylation sites (tertiary alicyclic amines) is 1. The quantitative estimate of drug-likeness (QED) is 0.672. The van der Waals surface area contributed by atoms with Gasteiger partial charge in [0, 0.05) is 42.4 Å². The number of fused-ring (bicyclic) bond motifs is 2. The normalized spacial score (nSPS) is 18.6. The number of piperidine rings is 1. The lowest BCUT2D eigenvalue weighted by molar-refractivity contribution is -0.135. The molecule has 0 aromatic carbocycles. The number of aryl methyl sites for hydroxylation is 1. The largest absolute Gasteiger partial charge is 0.390 e. The summed E-state index contributed by atoms with van der Waals surface area (Å²) in [7, 11) is 0. The predicted octanol–water partition coefficient (Wildman–Crippen LogP) is 3.03. The molecule has 2 aromatic heterocycles. The molecule has 32 heavy (non-hydrogen) atoms. The van der Waals surface area contributed by atoms with Crippen LogP contribution in [0.2, 0.25) is 0 Å². The molecule has 11 heteroatoms. The van der Waals surface area contributed by atoms with Gasteiger partial charge in [-0.15, -0.1) is 16.4 Å². The third kappa shape index (κ3) is 5.49. The number of rotatable bonds is 7. The van der Waals surface area contributed by atoms with Gasteiger partial charge in [-0.1, -0.05) is 12.1 Å². The molecule has 7 nitrogen and oxygen atoms in total. The van der Waals surface area contributed by atoms with Crippen LogP contribution in [0.1, 0.15) is 47.2 Å². The summed E-state index contributed by atoms with van der Waals surface area (Å²) < 4.78 is 44.2. The van der Waals surface area contributed by atoms with Crippen LogP contribution in [0.5, 0.6) is 0 Å². The first-order valence-corrected chi connectivity index (χ1v) is 11.8. The van der Waals surface area contributed by atoms with Crippen LogP contribution in [-0.4, -0.2) is 58.2 Å². The maximum atomic E-state index is 12.2. The maximum absolute atomic E-state index is 12.2. The fraction of sp³-hybridized carbons (Fsp3) is 0.667. The summed E-state index contributed by atoms with van der Waals surface area (Å²) in [5, 5.41) is 10.3. The van der Waals surface area contributed by atoms with Crippen LogP contribution in [0.4, 0.5) is 13.2 Å². The average molecular weight is 472 g/mol. The lowest BCUT2D eigenvalue weighted by Gasteiger charge is -2.44. The van der Waals surface area contributed by atoms with Gasteiger partial charge in [0.2, 0.25) is 5.91 Å². The molecule has 0 radical (unpaired) electrons. The number of nitrogens with one attached hydrogen (secondary N) is 1. The molecule has 4 heterocycles. The minimum atomic E-state index is -4.29. The Labute approximate surface area is 188 Å². The summed E-state index contributed by atoms with van der Waals surface area (Å²) in [5.41, 5.74) is 1.94. The molecule has 4 rings (SSSR count). The molecular weight excluding hydrogens is 443 g/mol. The van der Waals surface area contributed by atoms with Crippen LogP contribution in [0, 0.1) is 0 Å². The zero-order valence-electron chi connectivity index (χ0n) is 18.1. The molecule has 1 spiro atoms. The van der Waals surface area contributed by atoms with Crippen LogP contribution >= 0.6 is 11.3 Å². The van der Waals surface area contributed by atoms with Gasteiger partial charge < -0.3 is 10.1 Å². The molecule has 2 aromatic rings. The third-order valence-corrected chi connectivity index (χ3v) is 7.42. The molecule has 2 aliphatic heterocycles. The van der Waals surface area contributed by atoms with Gasteiger partial charge in [0.15, 0.2) is 0 Å². The summed E-state index contributed by atoms with van der Waals surface area (Å²) in [6.45, 7) is 4.74. The van der Waals surface area contributed by atoms with Crippen molar-refractivity contribution in [2.45, 2.75) is 63.9 Å². The van der Waals surface area contributed by atoms with E-state index in [9.17, 15) is 18.0 Å². The molecule has 1 saturated heterocycles. The highest BCUT2D eigenvalue weighted by Crippen LogP contribution is 2.44. The smallest absolute Gasteiger partial charge is 0.370 e. The molecule has 1 N–H and O–H groups in total. The van der Waals surface area contributed by atoms with E-state index in [0.717, 1.165) is 51.1 Å². The molecule has 0 unspecified atom stereocenters. The molecule has 2 aliphatic rings. The molecule has 176 valence electrons. The van der Waals surface area contributed by atoms with Crippen LogP contribution in [-0.2, 0) is 41.1 Å². The number of hydrogen-bond acceptors (Lipinski definition) is 6. The fourth-order valence-electron chi connectivity index (χ4n) is 4.40. The first-order chi connectivity index (χ1) is 15.3. The van der Waals surface area contributed by atoms with E-state index in [1.54, 1.807) is 6.20 Å². The van der Waals surface area contributed by atoms with Gasteiger partial charge >= 0.3 is 6.18 Å². The average Bonchev–Trinajstić information content (AvgIpc) is 3.36. The first kappa shape index (κ1) is 23.2. The van der Waals surface area contributed by atoms with Gasteiger partial charge in [0.05, 0.1) is 30.5 Å². The van der Waals surface area contributed by atoms with Crippen molar-refractivity contribution in [2.75, 3.05) is 26.2 Å². The Morgan fingerprint density at radius 3 is 2.84 bits per heavy atom. The van der Waals surface area contributed by atoms with Crippen molar-refractivity contribution < 1.29 is 22.7 Å². The Morgan fingerprint density at radius 1 is 1.34 bits per heavy atom. The second-order valence-corrected chi connectivity index (χ2v) is 9.62. The number of ether oxygens (including phenoxy) is 1. The van der Waals surface area contributed by atoms with Crippen molar-refractivity contribution in [1.82, 2.24) is 25.2 Å². The van der Waals surface area contributed by atoms with E-state index in [4.69, 9.17) is 4.74 Å². The highest BCUT2D eigenvalue weighted by atomic mass is 32.1. The van der Waals surface area contributed by atoms with Crippen molar-refractivity contribution in [3.05, 3.63) is 33.3 Å². The van der Waals surface area contributed by atoms with E-state index >= 15 is 0 Å². The number of amides is 1. The number of carbonyl (C=O) groups excluding carboxylic acids is 1. The predicted molar refractivity (Wildman–Crippen MR) is 113 cm³/mol. The first-order valence-electron chi connectivity index (χ1n) is 11.0. The van der Waals surface area contributed by atoms with E-state index in [1.165, 1.54) is 20.0 Å². The monoisotopic (exact) mass is 471 g/mol. The minimum absolute atomic E-state index is 0.150. The zero-order valence-corrected chi connectivity index (χ0v) is 18.9. The van der Waals surface area contributed by atoms with E-state index < -0.39 is 25.0 Å². The van der Waals surface area contributed by atoms with Gasteiger partial charge in [-0.2, -0.15) is 13.2 Å².